The molecule has 1 fully saturated rings. The van der Waals surface area contributed by atoms with E-state index in [0.29, 0.717) is 0 Å². The molecule has 0 aromatic carbocycles. The van der Waals surface area contributed by atoms with Gasteiger partial charge >= 0.3 is 0 Å². The predicted octanol–water partition coefficient (Wildman–Crippen LogP) is -1.57. The summed E-state index contributed by atoms with van der Waals surface area (Å²) in [6.45, 7) is 5.05. The summed E-state index contributed by atoms with van der Waals surface area (Å²) >= 11 is 0. The fraction of sp³-hybridized carbons (Fsp3) is 1.00. The van der Waals surface area contributed by atoms with Crippen LogP contribution in [0.15, 0.2) is 0 Å². The average molecular weight is 272 g/mol. The lowest BCUT2D eigenvalue weighted by Gasteiger charge is -2.40. The van der Waals surface area contributed by atoms with Crippen molar-refractivity contribution >= 4 is 0 Å². The second kappa shape index (κ2) is 8.84. The molecule has 0 aromatic heterocycles. The van der Waals surface area contributed by atoms with E-state index < -0.39 is 0 Å². The van der Waals surface area contributed by atoms with Gasteiger partial charge in [-0.2, -0.15) is 0 Å². The Morgan fingerprint density at radius 3 is 2.58 bits per heavy atom. The van der Waals surface area contributed by atoms with Crippen LogP contribution < -0.4 is 22.1 Å². The zero-order valence-electron chi connectivity index (χ0n) is 12.7. The molecule has 0 bridgehead atoms. The van der Waals surface area contributed by atoms with Crippen molar-refractivity contribution in [2.45, 2.75) is 31.1 Å². The maximum Gasteiger partial charge on any atom is 0.0752 e. The van der Waals surface area contributed by atoms with Gasteiger partial charge < -0.3 is 21.7 Å². The molecular weight excluding hydrogens is 240 g/mol. The molecule has 6 heteroatoms. The van der Waals surface area contributed by atoms with Crippen molar-refractivity contribution in [1.29, 1.82) is 0 Å². The molecular formula is C13H32N6. The molecule has 0 saturated carbocycles. The smallest absolute Gasteiger partial charge is 0.0752 e. The standard InChI is InChI=1S/C13H32N6/c1-18(2)8-4-5-16-6-7-17-13-12(15)9-11(14)10-19(13)3/h11-13,16-17H,4-10,14-15H2,1-3H3. The van der Waals surface area contributed by atoms with E-state index in [9.17, 15) is 0 Å². The Bertz CT molecular complexity index is 223. The third-order valence-corrected chi connectivity index (χ3v) is 3.59. The Kier molecular flexibility index (Phi) is 7.82. The molecule has 3 atom stereocenters. The molecule has 0 spiro atoms. The molecule has 1 aliphatic heterocycles. The first-order chi connectivity index (χ1) is 9.00. The van der Waals surface area contributed by atoms with Crippen LogP contribution in [0.1, 0.15) is 12.8 Å². The third kappa shape index (κ3) is 6.65. The first-order valence-electron chi connectivity index (χ1n) is 7.31. The Morgan fingerprint density at radius 2 is 1.95 bits per heavy atom. The zero-order valence-corrected chi connectivity index (χ0v) is 12.7. The van der Waals surface area contributed by atoms with Crippen LogP contribution >= 0.6 is 0 Å². The number of nitrogens with one attached hydrogen (secondary N) is 2. The Labute approximate surface area is 117 Å². The second-order valence-corrected chi connectivity index (χ2v) is 5.91. The molecule has 19 heavy (non-hydrogen) atoms. The summed E-state index contributed by atoms with van der Waals surface area (Å²) in [7, 11) is 6.29. The first-order valence-corrected chi connectivity index (χ1v) is 7.31. The number of hydrogen-bond donors (Lipinski definition) is 4. The maximum atomic E-state index is 6.15. The highest BCUT2D eigenvalue weighted by atomic mass is 15.3. The van der Waals surface area contributed by atoms with E-state index in [1.807, 2.05) is 0 Å². The SMILES string of the molecule is CN(C)CCCNCCNC1C(N)CC(N)CN1C. The van der Waals surface area contributed by atoms with Gasteiger partial charge in [-0.05, 0) is 47.1 Å². The number of likely N-dealkylation sites (N-methyl/N-ethyl adjacent to an activating group) is 1. The predicted molar refractivity (Wildman–Crippen MR) is 81.0 cm³/mol. The number of nitrogens with zero attached hydrogens (tertiary/aromatic N) is 2. The minimum absolute atomic E-state index is 0.127. The van der Waals surface area contributed by atoms with Crippen LogP contribution in [0.4, 0.5) is 0 Å². The summed E-state index contributed by atoms with van der Waals surface area (Å²) in [5.74, 6) is 0. The van der Waals surface area contributed by atoms with Gasteiger partial charge in [0.2, 0.25) is 0 Å². The molecule has 0 amide bonds. The summed E-state index contributed by atoms with van der Waals surface area (Å²) in [6.07, 6.45) is 2.34. The van der Waals surface area contributed by atoms with Gasteiger partial charge in [-0.1, -0.05) is 0 Å². The summed E-state index contributed by atoms with van der Waals surface area (Å²) < 4.78 is 0. The molecule has 0 aliphatic carbocycles. The van der Waals surface area contributed by atoms with E-state index in [1.165, 1.54) is 6.42 Å². The van der Waals surface area contributed by atoms with Gasteiger partial charge in [0, 0.05) is 31.7 Å². The summed E-state index contributed by atoms with van der Waals surface area (Å²) in [6, 6.07) is 0.338. The van der Waals surface area contributed by atoms with Crippen LogP contribution in [-0.4, -0.2) is 81.9 Å². The van der Waals surface area contributed by atoms with Gasteiger partial charge in [0.15, 0.2) is 0 Å². The zero-order chi connectivity index (χ0) is 14.3. The van der Waals surface area contributed by atoms with E-state index in [0.717, 1.165) is 39.1 Å². The molecule has 3 unspecified atom stereocenters. The third-order valence-electron chi connectivity index (χ3n) is 3.59. The van der Waals surface area contributed by atoms with E-state index >= 15 is 0 Å². The van der Waals surface area contributed by atoms with Gasteiger partial charge in [0.1, 0.15) is 0 Å². The molecule has 1 aliphatic rings. The molecule has 0 radical (unpaired) electrons. The topological polar surface area (TPSA) is 82.6 Å². The lowest BCUT2D eigenvalue weighted by Crippen LogP contribution is -2.63. The average Bonchev–Trinajstić information content (AvgIpc) is 2.30. The fourth-order valence-electron chi connectivity index (χ4n) is 2.62. The van der Waals surface area contributed by atoms with Crippen molar-refractivity contribution in [2.24, 2.45) is 11.5 Å². The normalized spacial score (nSPS) is 29.1. The Balaban J connectivity index is 2.05. The minimum Gasteiger partial charge on any atom is -0.326 e. The van der Waals surface area contributed by atoms with Crippen LogP contribution in [-0.2, 0) is 0 Å². The van der Waals surface area contributed by atoms with Crippen molar-refractivity contribution in [3.05, 3.63) is 0 Å². The first kappa shape index (κ1) is 16.8. The largest absolute Gasteiger partial charge is 0.326 e. The van der Waals surface area contributed by atoms with E-state index in [1.54, 1.807) is 0 Å². The van der Waals surface area contributed by atoms with E-state index in [2.05, 4.69) is 41.6 Å². The Morgan fingerprint density at radius 1 is 1.21 bits per heavy atom. The summed E-state index contributed by atoms with van der Waals surface area (Å²) in [5, 5.41) is 6.96. The van der Waals surface area contributed by atoms with Crippen molar-refractivity contribution in [2.75, 3.05) is 53.9 Å². The molecule has 1 saturated heterocycles. The number of nitrogens with two attached hydrogens (primary N) is 2. The molecule has 0 aromatic rings. The number of rotatable bonds is 8. The number of likely N-dealkylation sites (tertiary alicyclic amines) is 1. The molecule has 1 rings (SSSR count). The van der Waals surface area contributed by atoms with Crippen molar-refractivity contribution in [1.82, 2.24) is 20.4 Å². The monoisotopic (exact) mass is 272 g/mol. The van der Waals surface area contributed by atoms with Gasteiger partial charge in [0.05, 0.1) is 6.17 Å². The highest BCUT2D eigenvalue weighted by Crippen LogP contribution is 2.11. The van der Waals surface area contributed by atoms with Crippen LogP contribution in [0.3, 0.4) is 0 Å². The highest BCUT2D eigenvalue weighted by Gasteiger charge is 2.29. The molecule has 6 N–H and O–H groups in total. The summed E-state index contributed by atoms with van der Waals surface area (Å²) in [5.41, 5.74) is 12.1. The fourth-order valence-corrected chi connectivity index (χ4v) is 2.62. The molecule has 1 heterocycles. The van der Waals surface area contributed by atoms with Crippen LogP contribution in [0.5, 0.6) is 0 Å². The van der Waals surface area contributed by atoms with Crippen molar-refractivity contribution in [3.63, 3.8) is 0 Å². The lowest BCUT2D eigenvalue weighted by atomic mass is 9.99. The second-order valence-electron chi connectivity index (χ2n) is 5.91. The van der Waals surface area contributed by atoms with E-state index in [4.69, 9.17) is 11.5 Å². The molecule has 6 nitrogen and oxygen atoms in total. The van der Waals surface area contributed by atoms with Crippen molar-refractivity contribution < 1.29 is 0 Å². The quantitative estimate of drug-likeness (QED) is 0.400. The van der Waals surface area contributed by atoms with Crippen molar-refractivity contribution in [3.8, 4) is 0 Å². The van der Waals surface area contributed by atoms with Crippen LogP contribution in [0, 0.1) is 0 Å². The minimum atomic E-state index is 0.127. The van der Waals surface area contributed by atoms with Gasteiger partial charge in [0.25, 0.3) is 0 Å². The highest BCUT2D eigenvalue weighted by molar-refractivity contribution is 4.89. The van der Waals surface area contributed by atoms with Crippen LogP contribution in [0.25, 0.3) is 0 Å². The van der Waals surface area contributed by atoms with Gasteiger partial charge in [-0.3, -0.25) is 10.2 Å². The Hall–Kier alpha value is -0.240. The van der Waals surface area contributed by atoms with Gasteiger partial charge in [-0.15, -0.1) is 0 Å². The number of piperidine rings is 1. The number of hydrogen-bond acceptors (Lipinski definition) is 6. The molecule has 114 valence electrons. The lowest BCUT2D eigenvalue weighted by molar-refractivity contribution is 0.118. The van der Waals surface area contributed by atoms with Gasteiger partial charge in [-0.25, -0.2) is 0 Å². The van der Waals surface area contributed by atoms with Crippen LogP contribution in [0.2, 0.25) is 0 Å². The summed E-state index contributed by atoms with van der Waals surface area (Å²) in [4.78, 5) is 4.43. The van der Waals surface area contributed by atoms with E-state index in [-0.39, 0.29) is 18.2 Å². The maximum absolute atomic E-state index is 6.15.